The van der Waals surface area contributed by atoms with Gasteiger partial charge in [0.15, 0.2) is 0 Å². The molecule has 5 nitrogen and oxygen atoms in total. The van der Waals surface area contributed by atoms with Crippen molar-refractivity contribution in [2.45, 2.75) is 47.1 Å². The number of likely N-dealkylation sites (N-methyl/N-ethyl adjacent to an activating group) is 2. The van der Waals surface area contributed by atoms with E-state index in [0.29, 0.717) is 19.8 Å². The summed E-state index contributed by atoms with van der Waals surface area (Å²) in [6.45, 7) is 17.7. The first kappa shape index (κ1) is 21.0. The number of rotatable bonds is 15. The van der Waals surface area contributed by atoms with Gasteiger partial charge in [-0.3, -0.25) is 0 Å². The third-order valence-corrected chi connectivity index (χ3v) is 6.50. The molecule has 0 fully saturated rings. The summed E-state index contributed by atoms with van der Waals surface area (Å²) in [6.07, 6.45) is 1.06. The van der Waals surface area contributed by atoms with E-state index in [1.54, 1.807) is 0 Å². The van der Waals surface area contributed by atoms with Gasteiger partial charge in [-0.25, -0.2) is 0 Å². The van der Waals surface area contributed by atoms with Gasteiger partial charge in [-0.2, -0.15) is 0 Å². The lowest BCUT2D eigenvalue weighted by atomic mass is 10.4. The van der Waals surface area contributed by atoms with Crippen LogP contribution in [0.2, 0.25) is 6.04 Å². The normalized spacial score (nSPS) is 12.3. The van der Waals surface area contributed by atoms with E-state index in [4.69, 9.17) is 13.3 Å². The zero-order valence-corrected chi connectivity index (χ0v) is 15.7. The molecule has 1 N–H and O–H groups in total. The molecular weight excluding hydrogens is 284 g/mol. The van der Waals surface area contributed by atoms with E-state index in [9.17, 15) is 0 Å². The van der Waals surface area contributed by atoms with Crippen molar-refractivity contribution in [1.29, 1.82) is 0 Å². The molecule has 6 heteroatoms. The molecule has 0 saturated heterocycles. The second-order valence-electron chi connectivity index (χ2n) is 4.87. The van der Waals surface area contributed by atoms with E-state index in [1.807, 2.05) is 20.8 Å². The number of hydrogen-bond acceptors (Lipinski definition) is 5. The summed E-state index contributed by atoms with van der Waals surface area (Å²) in [7, 11) is -2.46. The third-order valence-electron chi connectivity index (χ3n) is 3.35. The molecule has 0 rings (SSSR count). The van der Waals surface area contributed by atoms with Crippen molar-refractivity contribution in [1.82, 2.24) is 10.2 Å². The largest absolute Gasteiger partial charge is 0.500 e. The van der Waals surface area contributed by atoms with Crippen LogP contribution in [0.15, 0.2) is 0 Å². The van der Waals surface area contributed by atoms with Gasteiger partial charge in [0.25, 0.3) is 0 Å². The molecule has 0 aromatic heterocycles. The summed E-state index contributed by atoms with van der Waals surface area (Å²) >= 11 is 0. The lowest BCUT2D eigenvalue weighted by Gasteiger charge is -2.29. The third kappa shape index (κ3) is 9.60. The Labute approximate surface area is 132 Å². The second-order valence-corrected chi connectivity index (χ2v) is 7.61. The van der Waals surface area contributed by atoms with Crippen LogP contribution in [0.25, 0.3) is 0 Å². The molecule has 0 unspecified atom stereocenters. The fourth-order valence-electron chi connectivity index (χ4n) is 2.36. The molecule has 0 amide bonds. The van der Waals surface area contributed by atoms with Crippen LogP contribution < -0.4 is 5.32 Å². The summed E-state index contributed by atoms with van der Waals surface area (Å²) in [5.41, 5.74) is 0. The summed E-state index contributed by atoms with van der Waals surface area (Å²) in [6, 6.07) is 0.903. The average Bonchev–Trinajstić information content (AvgIpc) is 2.46. The molecule has 0 atom stereocenters. The molecule has 21 heavy (non-hydrogen) atoms. The average molecular weight is 321 g/mol. The Bertz CT molecular complexity index is 216. The molecule has 0 aliphatic carbocycles. The summed E-state index contributed by atoms with van der Waals surface area (Å²) in [5, 5.41) is 3.37. The Balaban J connectivity index is 4.24. The predicted octanol–water partition coefficient (Wildman–Crippen LogP) is 2.36. The SMILES string of the molecule is CCNCCN(CC)CCC[Si](OCC)(OCC)OCC. The van der Waals surface area contributed by atoms with E-state index in [1.165, 1.54) is 0 Å². The molecule has 0 spiro atoms. The maximum atomic E-state index is 5.89. The lowest BCUT2D eigenvalue weighted by Crippen LogP contribution is -2.46. The summed E-state index contributed by atoms with van der Waals surface area (Å²) in [4.78, 5) is 2.46. The van der Waals surface area contributed by atoms with Crippen molar-refractivity contribution in [3.8, 4) is 0 Å². The second kappa shape index (κ2) is 13.7. The fourth-order valence-corrected chi connectivity index (χ4v) is 4.96. The Morgan fingerprint density at radius 3 is 1.86 bits per heavy atom. The minimum Gasteiger partial charge on any atom is -0.374 e. The van der Waals surface area contributed by atoms with Crippen LogP contribution in [-0.2, 0) is 13.3 Å². The summed E-state index contributed by atoms with van der Waals surface area (Å²) < 4.78 is 17.7. The van der Waals surface area contributed by atoms with Gasteiger partial charge in [-0.1, -0.05) is 13.8 Å². The van der Waals surface area contributed by atoms with E-state index in [0.717, 1.165) is 45.2 Å². The minimum atomic E-state index is -2.46. The number of nitrogens with one attached hydrogen (secondary N) is 1. The monoisotopic (exact) mass is 320 g/mol. The first-order valence-corrected chi connectivity index (χ1v) is 10.5. The molecule has 0 aromatic rings. The zero-order chi connectivity index (χ0) is 16.0. The quantitative estimate of drug-likeness (QED) is 0.371. The van der Waals surface area contributed by atoms with Crippen LogP contribution in [0.3, 0.4) is 0 Å². The van der Waals surface area contributed by atoms with Gasteiger partial charge in [0, 0.05) is 39.0 Å². The van der Waals surface area contributed by atoms with Gasteiger partial charge in [0.05, 0.1) is 0 Å². The van der Waals surface area contributed by atoms with Crippen LogP contribution >= 0.6 is 0 Å². The van der Waals surface area contributed by atoms with Crippen molar-refractivity contribution in [3.63, 3.8) is 0 Å². The van der Waals surface area contributed by atoms with Crippen LogP contribution in [0.4, 0.5) is 0 Å². The first-order valence-electron chi connectivity index (χ1n) is 8.52. The van der Waals surface area contributed by atoms with Gasteiger partial charge >= 0.3 is 8.80 Å². The highest BCUT2D eigenvalue weighted by Gasteiger charge is 2.39. The maximum Gasteiger partial charge on any atom is 0.500 e. The van der Waals surface area contributed by atoms with Crippen molar-refractivity contribution >= 4 is 8.80 Å². The smallest absolute Gasteiger partial charge is 0.374 e. The molecule has 0 aromatic carbocycles. The maximum absolute atomic E-state index is 5.89. The Kier molecular flexibility index (Phi) is 13.7. The van der Waals surface area contributed by atoms with Crippen LogP contribution in [0.5, 0.6) is 0 Å². The molecule has 0 bridgehead atoms. The molecule has 0 aliphatic heterocycles. The Hall–Kier alpha value is 0.0169. The van der Waals surface area contributed by atoms with E-state index < -0.39 is 8.80 Å². The first-order chi connectivity index (χ1) is 10.2. The van der Waals surface area contributed by atoms with Gasteiger partial charge < -0.3 is 23.5 Å². The van der Waals surface area contributed by atoms with Gasteiger partial charge in [0.1, 0.15) is 0 Å². The lowest BCUT2D eigenvalue weighted by molar-refractivity contribution is 0.0699. The zero-order valence-electron chi connectivity index (χ0n) is 14.7. The highest BCUT2D eigenvalue weighted by molar-refractivity contribution is 6.60. The topological polar surface area (TPSA) is 43.0 Å². The van der Waals surface area contributed by atoms with Gasteiger partial charge in [0.2, 0.25) is 0 Å². The molecule has 0 aliphatic rings. The number of nitrogens with zero attached hydrogens (tertiary/aromatic N) is 1. The fraction of sp³-hybridized carbons (Fsp3) is 1.00. The predicted molar refractivity (Wildman–Crippen MR) is 90.7 cm³/mol. The molecule has 0 radical (unpaired) electrons. The van der Waals surface area contributed by atoms with E-state index >= 15 is 0 Å². The highest BCUT2D eigenvalue weighted by Crippen LogP contribution is 2.18. The van der Waals surface area contributed by atoms with Crippen molar-refractivity contribution in [3.05, 3.63) is 0 Å². The molecule has 0 heterocycles. The Morgan fingerprint density at radius 1 is 0.857 bits per heavy atom. The summed E-state index contributed by atoms with van der Waals surface area (Å²) in [5.74, 6) is 0. The van der Waals surface area contributed by atoms with Crippen molar-refractivity contribution < 1.29 is 13.3 Å². The van der Waals surface area contributed by atoms with Gasteiger partial charge in [-0.15, -0.1) is 0 Å². The van der Waals surface area contributed by atoms with E-state index in [2.05, 4.69) is 24.1 Å². The van der Waals surface area contributed by atoms with Crippen molar-refractivity contribution in [2.75, 3.05) is 52.5 Å². The molecule has 0 saturated carbocycles. The van der Waals surface area contributed by atoms with Crippen molar-refractivity contribution in [2.24, 2.45) is 0 Å². The molecule has 128 valence electrons. The van der Waals surface area contributed by atoms with Crippen LogP contribution in [-0.4, -0.2) is 66.2 Å². The van der Waals surface area contributed by atoms with Crippen LogP contribution in [0.1, 0.15) is 41.0 Å². The van der Waals surface area contributed by atoms with Gasteiger partial charge in [-0.05, 0) is 46.8 Å². The molecular formula is C15H36N2O3Si. The highest BCUT2D eigenvalue weighted by atomic mass is 28.4. The Morgan fingerprint density at radius 2 is 1.43 bits per heavy atom. The van der Waals surface area contributed by atoms with E-state index in [-0.39, 0.29) is 0 Å². The minimum absolute atomic E-state index is 0.657. The number of hydrogen-bond donors (Lipinski definition) is 1. The van der Waals surface area contributed by atoms with Crippen LogP contribution in [0, 0.1) is 0 Å². The standard InChI is InChI=1S/C15H36N2O3Si/c1-6-16-12-14-17(7-2)13-11-15-21(18-8-3,19-9-4)20-10-5/h16H,6-15H2,1-5H3.